The van der Waals surface area contributed by atoms with Gasteiger partial charge >= 0.3 is 0 Å². The van der Waals surface area contributed by atoms with Crippen LogP contribution in [0.25, 0.3) is 0 Å². The van der Waals surface area contributed by atoms with Gasteiger partial charge in [-0.3, -0.25) is 19.5 Å². The molecule has 0 bridgehead atoms. The molecule has 0 radical (unpaired) electrons. The van der Waals surface area contributed by atoms with Crippen LogP contribution in [0.2, 0.25) is 0 Å². The monoisotopic (exact) mass is 518 g/mol. The van der Waals surface area contributed by atoms with Crippen molar-refractivity contribution >= 4 is 11.8 Å². The number of nitrogens with one attached hydrogen (secondary N) is 1. The first-order valence-corrected chi connectivity index (χ1v) is 14.3. The molecule has 1 aromatic heterocycles. The summed E-state index contributed by atoms with van der Waals surface area (Å²) in [4.78, 5) is 37.1. The number of piperazine rings is 1. The number of hydrogen-bond donors (Lipinski definition) is 1. The molecule has 1 aliphatic carbocycles. The molecule has 6 heteroatoms. The highest BCUT2D eigenvalue weighted by Crippen LogP contribution is 2.32. The van der Waals surface area contributed by atoms with Crippen LogP contribution in [0.3, 0.4) is 0 Å². The molecule has 2 aliphatic rings. The molecule has 1 aromatic carbocycles. The molecule has 38 heavy (non-hydrogen) atoms. The lowest BCUT2D eigenvalue weighted by molar-refractivity contribution is -0.141. The van der Waals surface area contributed by atoms with Crippen molar-refractivity contribution in [2.45, 2.75) is 96.6 Å². The molecular weight excluding hydrogens is 472 g/mol. The summed E-state index contributed by atoms with van der Waals surface area (Å²) < 4.78 is 0. The average molecular weight is 519 g/mol. The Kier molecular flexibility index (Phi) is 8.32. The van der Waals surface area contributed by atoms with Crippen molar-refractivity contribution < 1.29 is 9.59 Å². The van der Waals surface area contributed by atoms with E-state index in [9.17, 15) is 9.59 Å². The van der Waals surface area contributed by atoms with Gasteiger partial charge in [-0.2, -0.15) is 0 Å². The summed E-state index contributed by atoms with van der Waals surface area (Å²) in [6, 6.07) is 14.3. The van der Waals surface area contributed by atoms with Crippen molar-refractivity contribution in [2.75, 3.05) is 26.2 Å². The number of carbonyl (C=O) groups excluding carboxylic acids is 2. The van der Waals surface area contributed by atoms with E-state index >= 15 is 0 Å². The Bertz CT molecular complexity index is 1080. The van der Waals surface area contributed by atoms with E-state index in [4.69, 9.17) is 4.98 Å². The maximum absolute atomic E-state index is 14.0. The van der Waals surface area contributed by atoms with Gasteiger partial charge in [-0.15, -0.1) is 0 Å². The molecule has 1 aliphatic heterocycles. The normalized spacial score (nSPS) is 18.7. The zero-order chi connectivity index (χ0) is 27.6. The Morgan fingerprint density at radius 3 is 1.92 bits per heavy atom. The Morgan fingerprint density at radius 2 is 1.39 bits per heavy atom. The summed E-state index contributed by atoms with van der Waals surface area (Å²) >= 11 is 0. The van der Waals surface area contributed by atoms with Crippen LogP contribution in [0, 0.1) is 0 Å². The molecule has 4 rings (SSSR count). The Hall–Kier alpha value is -2.73. The highest BCUT2D eigenvalue weighted by molar-refractivity contribution is 5.99. The molecular formula is C32H46N4O2. The molecule has 2 aromatic rings. The van der Waals surface area contributed by atoms with E-state index in [2.05, 4.69) is 76.0 Å². The second-order valence-electron chi connectivity index (χ2n) is 13.3. The first-order valence-electron chi connectivity index (χ1n) is 14.3. The highest BCUT2D eigenvalue weighted by atomic mass is 16.2. The minimum Gasteiger partial charge on any atom is -0.338 e. The number of nitrogens with zero attached hydrogens (tertiary/aromatic N) is 3. The third-order valence-electron chi connectivity index (χ3n) is 8.00. The van der Waals surface area contributed by atoms with Crippen LogP contribution in [0.15, 0.2) is 42.5 Å². The minimum absolute atomic E-state index is 0.0889. The molecule has 2 fully saturated rings. The summed E-state index contributed by atoms with van der Waals surface area (Å²) in [6.07, 6.45) is 4.41. The van der Waals surface area contributed by atoms with Crippen LogP contribution in [0.1, 0.15) is 101 Å². The predicted octanol–water partition coefficient (Wildman–Crippen LogP) is 5.45. The maximum atomic E-state index is 14.0. The zero-order valence-corrected chi connectivity index (χ0v) is 24.3. The summed E-state index contributed by atoms with van der Waals surface area (Å²) in [5.74, 6) is -0.0765. The van der Waals surface area contributed by atoms with Crippen molar-refractivity contribution in [1.82, 2.24) is 20.1 Å². The fourth-order valence-electron chi connectivity index (χ4n) is 5.52. The van der Waals surface area contributed by atoms with E-state index in [0.29, 0.717) is 31.5 Å². The van der Waals surface area contributed by atoms with E-state index in [0.717, 1.165) is 50.3 Å². The van der Waals surface area contributed by atoms with Gasteiger partial charge in [0.2, 0.25) is 5.91 Å². The SMILES string of the molecule is CC(C)(C)c1cc(C(=O)NC2(C(=O)N3CCN(Cc4ccccc4)CC3)CCCCC2)cc(C(C)(C)C)n1. The van der Waals surface area contributed by atoms with Gasteiger partial charge in [0.1, 0.15) is 5.54 Å². The molecule has 0 spiro atoms. The Morgan fingerprint density at radius 1 is 0.842 bits per heavy atom. The predicted molar refractivity (Wildman–Crippen MR) is 153 cm³/mol. The fraction of sp³-hybridized carbons (Fsp3) is 0.594. The minimum atomic E-state index is -0.829. The summed E-state index contributed by atoms with van der Waals surface area (Å²) in [5.41, 5.74) is 2.49. The van der Waals surface area contributed by atoms with E-state index in [1.807, 2.05) is 23.1 Å². The molecule has 1 N–H and O–H groups in total. The third kappa shape index (κ3) is 6.63. The topological polar surface area (TPSA) is 65.5 Å². The number of aromatic nitrogens is 1. The number of benzene rings is 1. The van der Waals surface area contributed by atoms with Crippen LogP contribution in [0.5, 0.6) is 0 Å². The van der Waals surface area contributed by atoms with Crippen LogP contribution in [-0.2, 0) is 22.2 Å². The molecule has 1 saturated heterocycles. The van der Waals surface area contributed by atoms with Gasteiger partial charge in [-0.25, -0.2) is 0 Å². The molecule has 206 valence electrons. The lowest BCUT2D eigenvalue weighted by atomic mass is 9.79. The van der Waals surface area contributed by atoms with Crippen LogP contribution in [0.4, 0.5) is 0 Å². The van der Waals surface area contributed by atoms with Crippen molar-refractivity contribution in [2.24, 2.45) is 0 Å². The molecule has 2 heterocycles. The number of amides is 2. The number of hydrogen-bond acceptors (Lipinski definition) is 4. The summed E-state index contributed by atoms with van der Waals surface area (Å²) in [6.45, 7) is 16.7. The number of pyridine rings is 1. The zero-order valence-electron chi connectivity index (χ0n) is 24.3. The quantitative estimate of drug-likeness (QED) is 0.571. The highest BCUT2D eigenvalue weighted by Gasteiger charge is 2.44. The van der Waals surface area contributed by atoms with Crippen molar-refractivity contribution in [3.05, 3.63) is 65.0 Å². The van der Waals surface area contributed by atoms with E-state index < -0.39 is 5.54 Å². The standard InChI is InChI=1S/C32H46N4O2/c1-30(2,3)26-21-25(22-27(33-26)31(4,5)6)28(37)34-32(15-11-8-12-16-32)29(38)36-19-17-35(18-20-36)23-24-13-9-7-10-14-24/h7,9-10,13-14,21-22H,8,11-12,15-20,23H2,1-6H3,(H,34,37). The van der Waals surface area contributed by atoms with E-state index in [1.54, 1.807) is 0 Å². The van der Waals surface area contributed by atoms with Gasteiger partial charge in [0.15, 0.2) is 0 Å². The Labute approximate surface area is 229 Å². The largest absolute Gasteiger partial charge is 0.338 e. The first-order chi connectivity index (χ1) is 17.9. The lowest BCUT2D eigenvalue weighted by Crippen LogP contribution is -2.63. The van der Waals surface area contributed by atoms with Gasteiger partial charge in [0.05, 0.1) is 0 Å². The number of rotatable bonds is 5. The third-order valence-corrected chi connectivity index (χ3v) is 8.00. The molecule has 1 saturated carbocycles. The van der Waals surface area contributed by atoms with Gasteiger partial charge in [-0.1, -0.05) is 91.1 Å². The van der Waals surface area contributed by atoms with Gasteiger partial charge in [-0.05, 0) is 30.5 Å². The van der Waals surface area contributed by atoms with Crippen molar-refractivity contribution in [3.63, 3.8) is 0 Å². The molecule has 0 unspecified atom stereocenters. The lowest BCUT2D eigenvalue weighted by Gasteiger charge is -2.43. The molecule has 0 atom stereocenters. The maximum Gasteiger partial charge on any atom is 0.252 e. The van der Waals surface area contributed by atoms with Crippen molar-refractivity contribution in [3.8, 4) is 0 Å². The van der Waals surface area contributed by atoms with Crippen LogP contribution >= 0.6 is 0 Å². The van der Waals surface area contributed by atoms with Gasteiger partial charge in [0.25, 0.3) is 5.91 Å². The summed E-state index contributed by atoms with van der Waals surface area (Å²) in [5, 5.41) is 3.28. The second-order valence-corrected chi connectivity index (χ2v) is 13.3. The van der Waals surface area contributed by atoms with Crippen molar-refractivity contribution in [1.29, 1.82) is 0 Å². The fourth-order valence-corrected chi connectivity index (χ4v) is 5.52. The second kappa shape index (κ2) is 11.2. The Balaban J connectivity index is 1.52. The van der Waals surface area contributed by atoms with Crippen LogP contribution in [-0.4, -0.2) is 58.3 Å². The number of carbonyl (C=O) groups is 2. The van der Waals surface area contributed by atoms with Gasteiger partial charge < -0.3 is 10.2 Å². The average Bonchev–Trinajstić information content (AvgIpc) is 2.88. The first kappa shape index (κ1) is 28.3. The molecule has 6 nitrogen and oxygen atoms in total. The van der Waals surface area contributed by atoms with Gasteiger partial charge in [0, 0.05) is 60.5 Å². The smallest absolute Gasteiger partial charge is 0.252 e. The summed E-state index contributed by atoms with van der Waals surface area (Å²) in [7, 11) is 0. The van der Waals surface area contributed by atoms with Crippen LogP contribution < -0.4 is 5.32 Å². The van der Waals surface area contributed by atoms with E-state index in [-0.39, 0.29) is 22.6 Å². The molecule has 2 amide bonds. The van der Waals surface area contributed by atoms with E-state index in [1.165, 1.54) is 5.56 Å².